The van der Waals surface area contributed by atoms with E-state index in [2.05, 4.69) is 9.97 Å². The Morgan fingerprint density at radius 3 is 2.65 bits per heavy atom. The third-order valence-electron chi connectivity index (χ3n) is 3.35. The number of hydrogen-bond donors (Lipinski definition) is 0. The van der Waals surface area contributed by atoms with Crippen LogP contribution in [0, 0.1) is 5.82 Å². The monoisotopic (exact) mass is 295 g/mol. The molecule has 0 radical (unpaired) electrons. The summed E-state index contributed by atoms with van der Waals surface area (Å²) in [6.07, 6.45) is 0.128. The lowest BCUT2D eigenvalue weighted by Crippen LogP contribution is -2.46. The fraction of sp³-hybridized carbons (Fsp3) is 0.429. The van der Waals surface area contributed by atoms with E-state index in [0.29, 0.717) is 29.8 Å². The zero-order valence-corrected chi connectivity index (χ0v) is 12.1. The minimum atomic E-state index is -0.332. The fourth-order valence-corrected chi connectivity index (χ4v) is 2.85. The molecule has 0 unspecified atom stereocenters. The molecule has 106 valence electrons. The van der Waals surface area contributed by atoms with E-state index >= 15 is 0 Å². The van der Waals surface area contributed by atoms with Gasteiger partial charge in [0.1, 0.15) is 11.6 Å². The first-order chi connectivity index (χ1) is 9.54. The molecule has 1 aliphatic heterocycles. The molecule has 0 amide bonds. The van der Waals surface area contributed by atoms with Crippen LogP contribution in [0.1, 0.15) is 13.8 Å². The molecule has 3 rings (SSSR count). The number of rotatable bonds is 1. The summed E-state index contributed by atoms with van der Waals surface area (Å²) < 4.78 is 19.8. The van der Waals surface area contributed by atoms with Crippen molar-refractivity contribution in [2.24, 2.45) is 0 Å². The highest BCUT2D eigenvalue weighted by Gasteiger charge is 2.26. The predicted octanol–water partition coefficient (Wildman–Crippen LogP) is 3.04. The minimum Gasteiger partial charge on any atom is -0.372 e. The molecule has 0 N–H and O–H groups in total. The lowest BCUT2D eigenvalue weighted by Gasteiger charge is -2.36. The first-order valence-electron chi connectivity index (χ1n) is 6.57. The van der Waals surface area contributed by atoms with Crippen molar-refractivity contribution in [2.75, 3.05) is 18.0 Å². The molecular formula is C14H15ClFN3O. The van der Waals surface area contributed by atoms with Crippen LogP contribution in [0.25, 0.3) is 10.9 Å². The maximum absolute atomic E-state index is 14.1. The molecule has 0 bridgehead atoms. The lowest BCUT2D eigenvalue weighted by atomic mass is 10.1. The minimum absolute atomic E-state index is 0.0642. The largest absolute Gasteiger partial charge is 0.372 e. The molecule has 20 heavy (non-hydrogen) atoms. The molecule has 6 heteroatoms. The van der Waals surface area contributed by atoms with E-state index in [1.807, 2.05) is 18.7 Å². The summed E-state index contributed by atoms with van der Waals surface area (Å²) in [5.41, 5.74) is 0.520. The van der Waals surface area contributed by atoms with Crippen LogP contribution < -0.4 is 4.90 Å². The normalized spacial score (nSPS) is 23.3. The van der Waals surface area contributed by atoms with Gasteiger partial charge in [0.15, 0.2) is 0 Å². The number of aromatic nitrogens is 2. The fourth-order valence-electron chi connectivity index (χ4n) is 2.67. The molecule has 1 saturated heterocycles. The van der Waals surface area contributed by atoms with Gasteiger partial charge in [-0.2, -0.15) is 4.98 Å². The van der Waals surface area contributed by atoms with E-state index in [1.54, 1.807) is 12.1 Å². The Kier molecular flexibility index (Phi) is 3.48. The number of fused-ring (bicyclic) bond motifs is 1. The highest BCUT2D eigenvalue weighted by Crippen LogP contribution is 2.29. The van der Waals surface area contributed by atoms with Gasteiger partial charge in [-0.1, -0.05) is 6.07 Å². The quantitative estimate of drug-likeness (QED) is 0.758. The summed E-state index contributed by atoms with van der Waals surface area (Å²) in [5, 5.41) is 0.545. The van der Waals surface area contributed by atoms with E-state index in [1.165, 1.54) is 6.07 Å². The van der Waals surface area contributed by atoms with Crippen LogP contribution in [-0.2, 0) is 4.74 Å². The van der Waals surface area contributed by atoms with Crippen LogP contribution >= 0.6 is 11.6 Å². The van der Waals surface area contributed by atoms with Crippen LogP contribution in [0.2, 0.25) is 5.28 Å². The van der Waals surface area contributed by atoms with Crippen LogP contribution in [0.15, 0.2) is 18.2 Å². The molecule has 1 aliphatic rings. The first-order valence-corrected chi connectivity index (χ1v) is 6.94. The highest BCUT2D eigenvalue weighted by atomic mass is 35.5. The molecule has 1 aromatic carbocycles. The van der Waals surface area contributed by atoms with Crippen molar-refractivity contribution in [3.63, 3.8) is 0 Å². The van der Waals surface area contributed by atoms with Crippen molar-refractivity contribution in [2.45, 2.75) is 26.1 Å². The summed E-state index contributed by atoms with van der Waals surface area (Å²) in [6, 6.07) is 4.77. The SMILES string of the molecule is C[C@@H]1CN(c2nc(Cl)nc3cccc(F)c23)C[C@H](C)O1. The molecule has 2 aromatic rings. The second-order valence-corrected chi connectivity index (χ2v) is 5.45. The second kappa shape index (κ2) is 5.14. The molecule has 1 aromatic heterocycles. The maximum atomic E-state index is 14.1. The third-order valence-corrected chi connectivity index (χ3v) is 3.51. The molecule has 0 aliphatic carbocycles. The maximum Gasteiger partial charge on any atom is 0.224 e. The van der Waals surface area contributed by atoms with Gasteiger partial charge < -0.3 is 9.64 Å². The molecule has 0 saturated carbocycles. The Labute approximate surface area is 121 Å². The van der Waals surface area contributed by atoms with Crippen molar-refractivity contribution in [1.29, 1.82) is 0 Å². The van der Waals surface area contributed by atoms with Crippen LogP contribution in [0.5, 0.6) is 0 Å². The summed E-state index contributed by atoms with van der Waals surface area (Å²) in [7, 11) is 0. The Bertz CT molecular complexity index is 642. The van der Waals surface area contributed by atoms with E-state index in [0.717, 1.165) is 0 Å². The zero-order valence-electron chi connectivity index (χ0n) is 11.3. The highest BCUT2D eigenvalue weighted by molar-refractivity contribution is 6.28. The first kappa shape index (κ1) is 13.5. The van der Waals surface area contributed by atoms with E-state index in [4.69, 9.17) is 16.3 Å². The van der Waals surface area contributed by atoms with E-state index < -0.39 is 0 Å². The van der Waals surface area contributed by atoms with Crippen LogP contribution in [0.3, 0.4) is 0 Å². The summed E-state index contributed by atoms with van der Waals surface area (Å²) in [6.45, 7) is 5.29. The molecule has 0 spiro atoms. The smallest absolute Gasteiger partial charge is 0.224 e. The lowest BCUT2D eigenvalue weighted by molar-refractivity contribution is -0.00538. The number of ether oxygens (including phenoxy) is 1. The number of anilines is 1. The molecule has 2 atom stereocenters. The molecule has 4 nitrogen and oxygen atoms in total. The Morgan fingerprint density at radius 1 is 1.25 bits per heavy atom. The third kappa shape index (κ3) is 2.43. The molecule has 1 fully saturated rings. The van der Waals surface area contributed by atoms with Gasteiger partial charge in [-0.05, 0) is 37.6 Å². The topological polar surface area (TPSA) is 38.2 Å². The summed E-state index contributed by atoms with van der Waals surface area (Å²) >= 11 is 5.97. The van der Waals surface area contributed by atoms with Gasteiger partial charge in [-0.25, -0.2) is 9.37 Å². The van der Waals surface area contributed by atoms with Gasteiger partial charge in [-0.15, -0.1) is 0 Å². The average Bonchev–Trinajstić information content (AvgIpc) is 2.36. The molecular weight excluding hydrogens is 281 g/mol. The number of hydrogen-bond acceptors (Lipinski definition) is 4. The number of benzene rings is 1. The van der Waals surface area contributed by atoms with Gasteiger partial charge in [0.25, 0.3) is 0 Å². The van der Waals surface area contributed by atoms with Crippen molar-refractivity contribution in [1.82, 2.24) is 9.97 Å². The standard InChI is InChI=1S/C14H15ClFN3O/c1-8-6-19(7-9(2)20-8)13-12-10(16)4-3-5-11(12)17-14(15)18-13/h3-5,8-9H,6-7H2,1-2H3/t8-,9+. The zero-order chi connectivity index (χ0) is 14.3. The van der Waals surface area contributed by atoms with E-state index in [-0.39, 0.29) is 23.3 Å². The van der Waals surface area contributed by atoms with Gasteiger partial charge in [0, 0.05) is 13.1 Å². The number of halogens is 2. The Hall–Kier alpha value is -1.46. The summed E-state index contributed by atoms with van der Waals surface area (Å²) in [5.74, 6) is 0.209. The van der Waals surface area contributed by atoms with E-state index in [9.17, 15) is 4.39 Å². The average molecular weight is 296 g/mol. The van der Waals surface area contributed by atoms with Crippen molar-refractivity contribution >= 4 is 28.3 Å². The molecule has 2 heterocycles. The second-order valence-electron chi connectivity index (χ2n) is 5.11. The summed E-state index contributed by atoms with van der Waals surface area (Å²) in [4.78, 5) is 10.3. The van der Waals surface area contributed by atoms with Crippen LogP contribution in [-0.4, -0.2) is 35.3 Å². The van der Waals surface area contributed by atoms with Crippen molar-refractivity contribution in [3.05, 3.63) is 29.3 Å². The number of morpholine rings is 1. The van der Waals surface area contributed by atoms with Crippen LogP contribution in [0.4, 0.5) is 10.2 Å². The van der Waals surface area contributed by atoms with Gasteiger partial charge in [-0.3, -0.25) is 0 Å². The predicted molar refractivity (Wildman–Crippen MR) is 76.7 cm³/mol. The van der Waals surface area contributed by atoms with Gasteiger partial charge in [0.2, 0.25) is 5.28 Å². The number of nitrogens with zero attached hydrogens (tertiary/aromatic N) is 3. The van der Waals surface area contributed by atoms with Crippen molar-refractivity contribution < 1.29 is 9.13 Å². The Morgan fingerprint density at radius 2 is 1.95 bits per heavy atom. The van der Waals surface area contributed by atoms with Gasteiger partial charge in [0.05, 0.1) is 23.1 Å². The van der Waals surface area contributed by atoms with Gasteiger partial charge >= 0.3 is 0 Å². The van der Waals surface area contributed by atoms with Crippen molar-refractivity contribution in [3.8, 4) is 0 Å². The Balaban J connectivity index is 2.15.